The second kappa shape index (κ2) is 4.61. The van der Waals surface area contributed by atoms with Crippen molar-refractivity contribution < 1.29 is 4.74 Å². The minimum Gasteiger partial charge on any atom is -0.497 e. The van der Waals surface area contributed by atoms with Gasteiger partial charge in [0.05, 0.1) is 24.5 Å². The molecule has 4 heteroatoms. The first-order chi connectivity index (χ1) is 8.78. The summed E-state index contributed by atoms with van der Waals surface area (Å²) in [6.07, 6.45) is 1.89. The van der Waals surface area contributed by atoms with Crippen LogP contribution in [0.4, 0.5) is 0 Å². The fraction of sp³-hybridized carbons (Fsp3) is 0.0714. The molecular formula is C14H11IN2O. The summed E-state index contributed by atoms with van der Waals surface area (Å²) in [6, 6.07) is 14.2. The van der Waals surface area contributed by atoms with Gasteiger partial charge in [-0.2, -0.15) is 5.10 Å². The van der Waals surface area contributed by atoms with Crippen molar-refractivity contribution in [2.24, 2.45) is 0 Å². The number of ether oxygens (including phenoxy) is 1. The van der Waals surface area contributed by atoms with E-state index >= 15 is 0 Å². The number of nitrogens with zero attached hydrogens (tertiary/aromatic N) is 2. The fourth-order valence-corrected chi connectivity index (χ4v) is 2.45. The van der Waals surface area contributed by atoms with Gasteiger partial charge in [0.2, 0.25) is 0 Å². The molecule has 0 unspecified atom stereocenters. The van der Waals surface area contributed by atoms with Gasteiger partial charge >= 0.3 is 0 Å². The van der Waals surface area contributed by atoms with Crippen LogP contribution in [-0.2, 0) is 0 Å². The third-order valence-corrected chi connectivity index (χ3v) is 3.52. The van der Waals surface area contributed by atoms with E-state index in [9.17, 15) is 0 Å². The van der Waals surface area contributed by atoms with E-state index in [1.165, 1.54) is 3.57 Å². The first-order valence-corrected chi connectivity index (χ1v) is 6.63. The second-order valence-electron chi connectivity index (χ2n) is 3.96. The summed E-state index contributed by atoms with van der Waals surface area (Å²) in [5.74, 6) is 0.852. The lowest BCUT2D eigenvalue weighted by molar-refractivity contribution is 0.414. The van der Waals surface area contributed by atoms with Crippen LogP contribution in [0.15, 0.2) is 48.7 Å². The molecule has 2 aromatic carbocycles. The number of rotatable bonds is 2. The summed E-state index contributed by atoms with van der Waals surface area (Å²) in [4.78, 5) is 0. The molecule has 0 saturated heterocycles. The lowest BCUT2D eigenvalue weighted by atomic mass is 10.2. The standard InChI is InChI=1S/C14H11IN2O/c1-18-13-5-3-12(4-6-13)17-14-7-2-11(15)8-10(14)9-16-17/h2-9H,1H3. The van der Waals surface area contributed by atoms with E-state index in [-0.39, 0.29) is 0 Å². The molecule has 3 nitrogen and oxygen atoms in total. The van der Waals surface area contributed by atoms with Crippen molar-refractivity contribution in [2.75, 3.05) is 7.11 Å². The average molecular weight is 350 g/mol. The predicted molar refractivity (Wildman–Crippen MR) is 80.3 cm³/mol. The van der Waals surface area contributed by atoms with Gasteiger partial charge in [-0.3, -0.25) is 0 Å². The minimum absolute atomic E-state index is 0.852. The molecule has 0 amide bonds. The number of halogens is 1. The molecule has 0 radical (unpaired) electrons. The summed E-state index contributed by atoms with van der Waals surface area (Å²) in [6.45, 7) is 0. The Labute approximate surface area is 119 Å². The quantitative estimate of drug-likeness (QED) is 0.660. The fourth-order valence-electron chi connectivity index (χ4n) is 1.93. The number of fused-ring (bicyclic) bond motifs is 1. The number of aromatic nitrogens is 2. The van der Waals surface area contributed by atoms with Crippen LogP contribution in [0.1, 0.15) is 0 Å². The van der Waals surface area contributed by atoms with Crippen molar-refractivity contribution in [3.63, 3.8) is 0 Å². The van der Waals surface area contributed by atoms with E-state index in [4.69, 9.17) is 4.74 Å². The van der Waals surface area contributed by atoms with E-state index in [1.807, 2.05) is 35.1 Å². The van der Waals surface area contributed by atoms with Gasteiger partial charge in [0, 0.05) is 8.96 Å². The van der Waals surface area contributed by atoms with E-state index < -0.39 is 0 Å². The van der Waals surface area contributed by atoms with Gasteiger partial charge in [-0.25, -0.2) is 4.68 Å². The molecule has 3 rings (SSSR count). The number of hydrogen-bond acceptors (Lipinski definition) is 2. The normalized spacial score (nSPS) is 10.8. The monoisotopic (exact) mass is 350 g/mol. The van der Waals surface area contributed by atoms with Crippen LogP contribution in [0, 0.1) is 3.57 Å². The van der Waals surface area contributed by atoms with E-state index in [0.29, 0.717) is 0 Å². The van der Waals surface area contributed by atoms with Crippen molar-refractivity contribution >= 4 is 33.5 Å². The summed E-state index contributed by atoms with van der Waals surface area (Å²) < 4.78 is 8.31. The Morgan fingerprint density at radius 1 is 1.11 bits per heavy atom. The van der Waals surface area contributed by atoms with Gasteiger partial charge in [0.1, 0.15) is 5.75 Å². The highest BCUT2D eigenvalue weighted by atomic mass is 127. The molecule has 0 atom stereocenters. The van der Waals surface area contributed by atoms with Gasteiger partial charge in [-0.1, -0.05) is 0 Å². The summed E-state index contributed by atoms with van der Waals surface area (Å²) in [5.41, 5.74) is 2.15. The summed E-state index contributed by atoms with van der Waals surface area (Å²) in [7, 11) is 1.67. The maximum absolute atomic E-state index is 5.16. The molecule has 0 fully saturated rings. The summed E-state index contributed by atoms with van der Waals surface area (Å²) >= 11 is 2.31. The smallest absolute Gasteiger partial charge is 0.119 e. The third kappa shape index (κ3) is 1.96. The van der Waals surface area contributed by atoms with Crippen molar-refractivity contribution in [2.45, 2.75) is 0 Å². The van der Waals surface area contributed by atoms with E-state index in [1.54, 1.807) is 7.11 Å². The second-order valence-corrected chi connectivity index (χ2v) is 5.20. The molecule has 0 bridgehead atoms. The van der Waals surface area contributed by atoms with Crippen molar-refractivity contribution in [1.29, 1.82) is 0 Å². The average Bonchev–Trinajstić information content (AvgIpc) is 2.81. The highest BCUT2D eigenvalue weighted by Crippen LogP contribution is 2.21. The Morgan fingerprint density at radius 3 is 2.61 bits per heavy atom. The van der Waals surface area contributed by atoms with Crippen LogP contribution >= 0.6 is 22.6 Å². The zero-order chi connectivity index (χ0) is 12.5. The number of benzene rings is 2. The molecular weight excluding hydrogens is 339 g/mol. The minimum atomic E-state index is 0.852. The number of methoxy groups -OCH3 is 1. The first kappa shape index (κ1) is 11.5. The lowest BCUT2D eigenvalue weighted by Crippen LogP contribution is -1.95. The maximum Gasteiger partial charge on any atom is 0.119 e. The molecule has 0 saturated carbocycles. The van der Waals surface area contributed by atoms with Crippen LogP contribution in [0.3, 0.4) is 0 Å². The number of hydrogen-bond donors (Lipinski definition) is 0. The first-order valence-electron chi connectivity index (χ1n) is 5.55. The van der Waals surface area contributed by atoms with Crippen molar-refractivity contribution in [3.8, 4) is 11.4 Å². The van der Waals surface area contributed by atoms with Gasteiger partial charge in [0.25, 0.3) is 0 Å². The van der Waals surface area contributed by atoms with E-state index in [0.717, 1.165) is 22.3 Å². The molecule has 0 spiro atoms. The van der Waals surface area contributed by atoms with Crippen molar-refractivity contribution in [1.82, 2.24) is 9.78 Å². The highest BCUT2D eigenvalue weighted by Gasteiger charge is 2.05. The molecule has 90 valence electrons. The molecule has 1 heterocycles. The van der Waals surface area contributed by atoms with Crippen LogP contribution in [-0.4, -0.2) is 16.9 Å². The third-order valence-electron chi connectivity index (χ3n) is 2.85. The Morgan fingerprint density at radius 2 is 1.89 bits per heavy atom. The highest BCUT2D eigenvalue weighted by molar-refractivity contribution is 14.1. The Balaban J connectivity index is 2.13. The van der Waals surface area contributed by atoms with Crippen LogP contribution in [0.25, 0.3) is 16.6 Å². The topological polar surface area (TPSA) is 27.1 Å². The van der Waals surface area contributed by atoms with Gasteiger partial charge in [-0.05, 0) is 65.1 Å². The maximum atomic E-state index is 5.16. The zero-order valence-corrected chi connectivity index (χ0v) is 12.0. The molecule has 0 N–H and O–H groups in total. The SMILES string of the molecule is COc1ccc(-n2ncc3cc(I)ccc32)cc1. The molecule has 0 aliphatic carbocycles. The molecule has 1 aromatic heterocycles. The molecule has 0 aliphatic rings. The zero-order valence-electron chi connectivity index (χ0n) is 9.80. The Bertz CT molecular complexity index is 689. The predicted octanol–water partition coefficient (Wildman–Crippen LogP) is 3.64. The van der Waals surface area contributed by atoms with Gasteiger partial charge in [0.15, 0.2) is 0 Å². The van der Waals surface area contributed by atoms with Crippen LogP contribution in [0.2, 0.25) is 0 Å². The largest absolute Gasteiger partial charge is 0.497 e. The van der Waals surface area contributed by atoms with Crippen LogP contribution < -0.4 is 4.74 Å². The molecule has 18 heavy (non-hydrogen) atoms. The summed E-state index contributed by atoms with van der Waals surface area (Å²) in [5, 5.41) is 5.59. The Kier molecular flexibility index (Phi) is 2.95. The Hall–Kier alpha value is -1.56. The molecule has 0 aliphatic heterocycles. The van der Waals surface area contributed by atoms with Crippen LogP contribution in [0.5, 0.6) is 5.75 Å². The van der Waals surface area contributed by atoms with Gasteiger partial charge in [-0.15, -0.1) is 0 Å². The molecule has 3 aromatic rings. The van der Waals surface area contributed by atoms with E-state index in [2.05, 4.69) is 45.9 Å². The lowest BCUT2D eigenvalue weighted by Gasteiger charge is -2.05. The van der Waals surface area contributed by atoms with Gasteiger partial charge < -0.3 is 4.74 Å². The van der Waals surface area contributed by atoms with Crippen molar-refractivity contribution in [3.05, 3.63) is 52.2 Å².